The van der Waals surface area contributed by atoms with Gasteiger partial charge in [0.05, 0.1) is 12.8 Å². The molecule has 0 unspecified atom stereocenters. The first-order valence-electron chi connectivity index (χ1n) is 12.7. The Morgan fingerprint density at radius 2 is 1.70 bits per heavy atom. The molecule has 1 atom stereocenters. The number of nitrogens with zero attached hydrogens (tertiary/aromatic N) is 3. The minimum Gasteiger partial charge on any atom is -0.494 e. The van der Waals surface area contributed by atoms with Gasteiger partial charge in [-0.2, -0.15) is 0 Å². The third-order valence-electron chi connectivity index (χ3n) is 6.52. The number of carbonyl (C=O) groups is 3. The summed E-state index contributed by atoms with van der Waals surface area (Å²) >= 11 is 0. The first-order chi connectivity index (χ1) is 18.0. The monoisotopic (exact) mass is 500 g/mol. The number of benzene rings is 2. The summed E-state index contributed by atoms with van der Waals surface area (Å²) in [7, 11) is 0. The van der Waals surface area contributed by atoms with Gasteiger partial charge in [0.2, 0.25) is 5.91 Å². The molecule has 1 fully saturated rings. The zero-order valence-corrected chi connectivity index (χ0v) is 21.2. The zero-order valence-electron chi connectivity index (χ0n) is 21.2. The number of ether oxygens (including phenoxy) is 1. The standard InChI is InChI=1S/C29H32N4O4/c1-3-37-25-15-11-22(12-16-25)27(28(35)32-23-7-5-4-6-8-23)33(29(36)26-19-30-17-18-31-26)24-13-9-21(10-14-24)20(2)34/h9-19,23,27H,3-8H2,1-2H3,(H,32,35)/t27-/m1/s1. The predicted octanol–water partition coefficient (Wildman–Crippen LogP) is 4.91. The van der Waals surface area contributed by atoms with Gasteiger partial charge < -0.3 is 10.1 Å². The average Bonchev–Trinajstić information content (AvgIpc) is 2.93. The van der Waals surface area contributed by atoms with Crippen molar-refractivity contribution in [2.24, 2.45) is 0 Å². The van der Waals surface area contributed by atoms with Crippen LogP contribution in [0.25, 0.3) is 0 Å². The van der Waals surface area contributed by atoms with E-state index in [9.17, 15) is 14.4 Å². The van der Waals surface area contributed by atoms with Crippen LogP contribution in [-0.2, 0) is 4.79 Å². The van der Waals surface area contributed by atoms with Gasteiger partial charge in [-0.15, -0.1) is 0 Å². The van der Waals surface area contributed by atoms with E-state index in [4.69, 9.17) is 4.74 Å². The van der Waals surface area contributed by atoms with Crippen molar-refractivity contribution >= 4 is 23.3 Å². The van der Waals surface area contributed by atoms with E-state index in [2.05, 4.69) is 15.3 Å². The number of rotatable bonds is 9. The minimum atomic E-state index is -0.977. The fraction of sp³-hybridized carbons (Fsp3) is 0.345. The summed E-state index contributed by atoms with van der Waals surface area (Å²) in [4.78, 5) is 49.4. The number of Topliss-reactive ketones (excluding diaryl/α,β-unsaturated/α-hetero) is 1. The SMILES string of the molecule is CCOc1ccc([C@H](C(=O)NC2CCCCC2)N(C(=O)c2cnccn2)c2ccc(C(C)=O)cc2)cc1. The van der Waals surface area contributed by atoms with E-state index in [-0.39, 0.29) is 23.4 Å². The summed E-state index contributed by atoms with van der Waals surface area (Å²) in [6.07, 6.45) is 9.42. The lowest BCUT2D eigenvalue weighted by molar-refractivity contribution is -0.123. The molecule has 8 nitrogen and oxygen atoms in total. The molecule has 37 heavy (non-hydrogen) atoms. The number of nitrogens with one attached hydrogen (secondary N) is 1. The molecule has 0 bridgehead atoms. The Hall–Kier alpha value is -4.07. The molecule has 1 heterocycles. The molecular formula is C29H32N4O4. The fourth-order valence-electron chi connectivity index (χ4n) is 4.63. The first-order valence-corrected chi connectivity index (χ1v) is 12.7. The van der Waals surface area contributed by atoms with E-state index < -0.39 is 11.9 Å². The van der Waals surface area contributed by atoms with Crippen LogP contribution in [0.15, 0.2) is 67.1 Å². The number of anilines is 1. The molecule has 0 radical (unpaired) electrons. The first kappa shape index (κ1) is 26.0. The van der Waals surface area contributed by atoms with Gasteiger partial charge >= 0.3 is 0 Å². The van der Waals surface area contributed by atoms with Crippen molar-refractivity contribution < 1.29 is 19.1 Å². The van der Waals surface area contributed by atoms with Gasteiger partial charge in [-0.05, 0) is 68.7 Å². The van der Waals surface area contributed by atoms with Crippen molar-refractivity contribution in [1.82, 2.24) is 15.3 Å². The van der Waals surface area contributed by atoms with Crippen LogP contribution >= 0.6 is 0 Å². The summed E-state index contributed by atoms with van der Waals surface area (Å²) in [6.45, 7) is 3.91. The average molecular weight is 501 g/mol. The number of hydrogen-bond donors (Lipinski definition) is 1. The number of carbonyl (C=O) groups excluding carboxylic acids is 3. The molecule has 1 aliphatic rings. The van der Waals surface area contributed by atoms with Gasteiger partial charge in [0.25, 0.3) is 5.91 Å². The van der Waals surface area contributed by atoms with Gasteiger partial charge in [0.1, 0.15) is 17.5 Å². The highest BCUT2D eigenvalue weighted by Crippen LogP contribution is 2.31. The predicted molar refractivity (Wildman–Crippen MR) is 141 cm³/mol. The third-order valence-corrected chi connectivity index (χ3v) is 6.52. The maximum Gasteiger partial charge on any atom is 0.279 e. The molecular weight excluding hydrogens is 468 g/mol. The molecule has 1 N–H and O–H groups in total. The Morgan fingerprint density at radius 1 is 1.00 bits per heavy atom. The molecule has 2 aromatic carbocycles. The van der Waals surface area contributed by atoms with Crippen molar-refractivity contribution in [3.63, 3.8) is 0 Å². The van der Waals surface area contributed by atoms with E-state index in [0.717, 1.165) is 32.1 Å². The minimum absolute atomic E-state index is 0.0556. The van der Waals surface area contributed by atoms with Crippen LogP contribution in [0.1, 0.15) is 78.4 Å². The van der Waals surface area contributed by atoms with Crippen molar-refractivity contribution in [2.75, 3.05) is 11.5 Å². The number of ketones is 1. The second kappa shape index (κ2) is 12.3. The van der Waals surface area contributed by atoms with E-state index in [1.165, 1.54) is 30.4 Å². The molecule has 0 aliphatic heterocycles. The zero-order chi connectivity index (χ0) is 26.2. The maximum atomic E-state index is 13.9. The molecule has 1 aliphatic carbocycles. The Balaban J connectivity index is 1.80. The van der Waals surface area contributed by atoms with Gasteiger partial charge in [-0.1, -0.05) is 31.4 Å². The largest absolute Gasteiger partial charge is 0.494 e. The van der Waals surface area contributed by atoms with Crippen LogP contribution in [0, 0.1) is 0 Å². The molecule has 0 saturated heterocycles. The lowest BCUT2D eigenvalue weighted by atomic mass is 9.94. The Morgan fingerprint density at radius 3 is 2.30 bits per heavy atom. The molecule has 192 valence electrons. The van der Waals surface area contributed by atoms with Gasteiger partial charge in [0.15, 0.2) is 5.78 Å². The maximum absolute atomic E-state index is 13.9. The Labute approximate surface area is 217 Å². The smallest absolute Gasteiger partial charge is 0.279 e. The lowest BCUT2D eigenvalue weighted by Crippen LogP contribution is -2.47. The fourth-order valence-corrected chi connectivity index (χ4v) is 4.63. The molecule has 1 aromatic heterocycles. The van der Waals surface area contributed by atoms with Crippen molar-refractivity contribution in [2.45, 2.75) is 58.0 Å². The van der Waals surface area contributed by atoms with Gasteiger partial charge in [-0.25, -0.2) is 4.98 Å². The normalized spacial score (nSPS) is 14.4. The molecule has 2 amide bonds. The van der Waals surface area contributed by atoms with Crippen LogP contribution in [0.4, 0.5) is 5.69 Å². The third kappa shape index (κ3) is 6.39. The second-order valence-electron chi connectivity index (χ2n) is 9.12. The van der Waals surface area contributed by atoms with E-state index >= 15 is 0 Å². The topological polar surface area (TPSA) is 101 Å². The molecule has 1 saturated carbocycles. The van der Waals surface area contributed by atoms with Crippen molar-refractivity contribution in [3.8, 4) is 5.75 Å². The highest BCUT2D eigenvalue weighted by Gasteiger charge is 2.35. The second-order valence-corrected chi connectivity index (χ2v) is 9.12. The Kier molecular flexibility index (Phi) is 8.61. The van der Waals surface area contributed by atoms with E-state index in [0.29, 0.717) is 29.2 Å². The highest BCUT2D eigenvalue weighted by atomic mass is 16.5. The van der Waals surface area contributed by atoms with Crippen LogP contribution in [0.2, 0.25) is 0 Å². The summed E-state index contributed by atoms with van der Waals surface area (Å²) in [5, 5.41) is 3.19. The lowest BCUT2D eigenvalue weighted by Gasteiger charge is -2.33. The summed E-state index contributed by atoms with van der Waals surface area (Å²) in [6, 6.07) is 12.9. The number of hydrogen-bond acceptors (Lipinski definition) is 6. The van der Waals surface area contributed by atoms with Gasteiger partial charge in [0, 0.05) is 29.7 Å². The highest BCUT2D eigenvalue weighted by molar-refractivity contribution is 6.09. The van der Waals surface area contributed by atoms with Crippen LogP contribution < -0.4 is 15.0 Å². The molecule has 8 heteroatoms. The molecule has 3 aromatic rings. The number of aromatic nitrogens is 2. The van der Waals surface area contributed by atoms with Crippen LogP contribution in [0.5, 0.6) is 5.75 Å². The van der Waals surface area contributed by atoms with Gasteiger partial charge in [-0.3, -0.25) is 24.3 Å². The van der Waals surface area contributed by atoms with Crippen molar-refractivity contribution in [1.29, 1.82) is 0 Å². The summed E-state index contributed by atoms with van der Waals surface area (Å²) in [5.41, 5.74) is 1.72. The summed E-state index contributed by atoms with van der Waals surface area (Å²) in [5.74, 6) is -0.156. The van der Waals surface area contributed by atoms with Crippen LogP contribution in [-0.4, -0.2) is 40.2 Å². The van der Waals surface area contributed by atoms with Crippen molar-refractivity contribution in [3.05, 3.63) is 83.9 Å². The molecule has 0 spiro atoms. The van der Waals surface area contributed by atoms with Crippen LogP contribution in [0.3, 0.4) is 0 Å². The Bertz CT molecular complexity index is 1210. The quantitative estimate of drug-likeness (QED) is 0.419. The summed E-state index contributed by atoms with van der Waals surface area (Å²) < 4.78 is 5.59. The van der Waals surface area contributed by atoms with E-state index in [1.807, 2.05) is 6.92 Å². The number of amides is 2. The molecule has 4 rings (SSSR count). The van der Waals surface area contributed by atoms with E-state index in [1.54, 1.807) is 48.5 Å².